The smallest absolute Gasteiger partial charge is 0.128 e. The second-order valence-corrected chi connectivity index (χ2v) is 4.29. The largest absolute Gasteiger partial charge is 0.383 e. The van der Waals surface area contributed by atoms with Gasteiger partial charge in [-0.05, 0) is 24.1 Å². The number of hydrogen-bond acceptors (Lipinski definition) is 3. The van der Waals surface area contributed by atoms with Crippen LogP contribution < -0.4 is 11.5 Å². The van der Waals surface area contributed by atoms with Gasteiger partial charge in [0, 0.05) is 22.8 Å². The molecule has 0 aliphatic carbocycles. The summed E-state index contributed by atoms with van der Waals surface area (Å²) in [7, 11) is 0. The Balaban J connectivity index is 2.20. The minimum Gasteiger partial charge on any atom is -0.383 e. The number of halogens is 1. The van der Waals surface area contributed by atoms with Crippen molar-refractivity contribution in [3.63, 3.8) is 0 Å². The van der Waals surface area contributed by atoms with Crippen LogP contribution in [0.5, 0.6) is 0 Å². The lowest BCUT2D eigenvalue weighted by molar-refractivity contribution is 0.721. The van der Waals surface area contributed by atoms with E-state index in [4.69, 9.17) is 23.1 Å². The molecule has 0 aliphatic heterocycles. The number of anilines is 1. The van der Waals surface area contributed by atoms with Gasteiger partial charge in [0.1, 0.15) is 5.82 Å². The second-order valence-electron chi connectivity index (χ2n) is 3.88. The van der Waals surface area contributed by atoms with Crippen molar-refractivity contribution >= 4 is 17.4 Å². The van der Waals surface area contributed by atoms with Gasteiger partial charge in [0.2, 0.25) is 0 Å². The summed E-state index contributed by atoms with van der Waals surface area (Å²) < 4.78 is 0. The van der Waals surface area contributed by atoms with E-state index in [1.807, 2.05) is 36.4 Å². The topological polar surface area (TPSA) is 64.9 Å². The average Bonchev–Trinajstić information content (AvgIpc) is 2.32. The van der Waals surface area contributed by atoms with Crippen LogP contribution in [0.1, 0.15) is 17.2 Å². The first-order valence-corrected chi connectivity index (χ1v) is 5.75. The van der Waals surface area contributed by atoms with E-state index in [0.29, 0.717) is 12.2 Å². The van der Waals surface area contributed by atoms with Crippen molar-refractivity contribution in [3.05, 3.63) is 58.7 Å². The molecular formula is C13H14ClN3. The molecule has 2 aromatic rings. The van der Waals surface area contributed by atoms with Gasteiger partial charge < -0.3 is 11.5 Å². The Morgan fingerprint density at radius 1 is 1.18 bits per heavy atom. The maximum absolute atomic E-state index is 6.12. The third-order valence-electron chi connectivity index (χ3n) is 2.67. The Kier molecular flexibility index (Phi) is 3.61. The summed E-state index contributed by atoms with van der Waals surface area (Å²) in [6, 6.07) is 11.2. The number of nitrogen functional groups attached to an aromatic ring is 1. The molecule has 0 fully saturated rings. The third kappa shape index (κ3) is 2.75. The molecule has 0 aliphatic rings. The molecule has 4 N–H and O–H groups in total. The van der Waals surface area contributed by atoms with Crippen molar-refractivity contribution in [2.24, 2.45) is 5.73 Å². The monoisotopic (exact) mass is 247 g/mol. The van der Waals surface area contributed by atoms with Crippen LogP contribution in [-0.4, -0.2) is 4.98 Å². The summed E-state index contributed by atoms with van der Waals surface area (Å²) in [5.74, 6) is 0.479. The van der Waals surface area contributed by atoms with Crippen LogP contribution >= 0.6 is 11.6 Å². The van der Waals surface area contributed by atoms with E-state index in [1.54, 1.807) is 6.20 Å². The van der Waals surface area contributed by atoms with Crippen LogP contribution in [-0.2, 0) is 6.42 Å². The normalized spacial score (nSPS) is 12.4. The van der Waals surface area contributed by atoms with Crippen LogP contribution in [0.2, 0.25) is 5.02 Å². The van der Waals surface area contributed by atoms with Crippen LogP contribution in [0.3, 0.4) is 0 Å². The highest BCUT2D eigenvalue weighted by molar-refractivity contribution is 6.31. The zero-order valence-electron chi connectivity index (χ0n) is 9.31. The first kappa shape index (κ1) is 11.9. The van der Waals surface area contributed by atoms with Gasteiger partial charge in [0.05, 0.1) is 0 Å². The molecule has 88 valence electrons. The minimum atomic E-state index is -0.191. The number of nitrogens with two attached hydrogens (primary N) is 2. The van der Waals surface area contributed by atoms with Crippen molar-refractivity contribution in [1.29, 1.82) is 0 Å². The molecule has 1 unspecified atom stereocenters. The fourth-order valence-electron chi connectivity index (χ4n) is 1.75. The van der Waals surface area contributed by atoms with E-state index in [9.17, 15) is 0 Å². The maximum Gasteiger partial charge on any atom is 0.128 e. The standard InChI is InChI=1S/C13H14ClN3/c14-11-6-2-1-4-9(11)8-12(15)10-5-3-7-17-13(10)16/h1-7,12H,8,15H2,(H2,16,17). The Morgan fingerprint density at radius 2 is 1.94 bits per heavy atom. The molecule has 1 heterocycles. The minimum absolute atomic E-state index is 0.191. The Labute approximate surface area is 105 Å². The molecular weight excluding hydrogens is 234 g/mol. The van der Waals surface area contributed by atoms with Crippen LogP contribution in [0, 0.1) is 0 Å². The van der Waals surface area contributed by atoms with E-state index in [0.717, 1.165) is 16.1 Å². The van der Waals surface area contributed by atoms with Crippen LogP contribution in [0.25, 0.3) is 0 Å². The Bertz CT molecular complexity index is 514. The highest BCUT2D eigenvalue weighted by Gasteiger charge is 2.12. The number of benzene rings is 1. The SMILES string of the molecule is Nc1ncccc1C(N)Cc1ccccc1Cl. The number of aromatic nitrogens is 1. The Hall–Kier alpha value is -1.58. The lowest BCUT2D eigenvalue weighted by Crippen LogP contribution is -2.16. The average molecular weight is 248 g/mol. The van der Waals surface area contributed by atoms with Crippen molar-refractivity contribution in [2.75, 3.05) is 5.73 Å². The van der Waals surface area contributed by atoms with Gasteiger partial charge in [-0.15, -0.1) is 0 Å². The summed E-state index contributed by atoms with van der Waals surface area (Å²) >= 11 is 6.09. The summed E-state index contributed by atoms with van der Waals surface area (Å²) in [5.41, 5.74) is 13.8. The van der Waals surface area contributed by atoms with E-state index in [2.05, 4.69) is 4.98 Å². The lowest BCUT2D eigenvalue weighted by Gasteiger charge is -2.14. The van der Waals surface area contributed by atoms with Crippen LogP contribution in [0.4, 0.5) is 5.82 Å². The number of pyridine rings is 1. The third-order valence-corrected chi connectivity index (χ3v) is 3.04. The molecule has 17 heavy (non-hydrogen) atoms. The first-order valence-electron chi connectivity index (χ1n) is 5.38. The van der Waals surface area contributed by atoms with Gasteiger partial charge in [-0.2, -0.15) is 0 Å². The predicted octanol–water partition coefficient (Wildman–Crippen LogP) is 2.56. The van der Waals surface area contributed by atoms with E-state index >= 15 is 0 Å². The summed E-state index contributed by atoms with van der Waals surface area (Å²) in [6.07, 6.45) is 2.30. The molecule has 1 aromatic heterocycles. The van der Waals surface area contributed by atoms with E-state index in [1.165, 1.54) is 0 Å². The molecule has 2 rings (SSSR count). The molecule has 0 saturated heterocycles. The molecule has 1 aromatic carbocycles. The predicted molar refractivity (Wildman–Crippen MR) is 70.7 cm³/mol. The van der Waals surface area contributed by atoms with Crippen LogP contribution in [0.15, 0.2) is 42.6 Å². The summed E-state index contributed by atoms with van der Waals surface area (Å²) in [6.45, 7) is 0. The van der Waals surface area contributed by atoms with Crippen molar-refractivity contribution < 1.29 is 0 Å². The highest BCUT2D eigenvalue weighted by atomic mass is 35.5. The van der Waals surface area contributed by atoms with Gasteiger partial charge in [0.25, 0.3) is 0 Å². The Morgan fingerprint density at radius 3 is 2.65 bits per heavy atom. The molecule has 0 amide bonds. The van der Waals surface area contributed by atoms with Gasteiger partial charge in [-0.3, -0.25) is 0 Å². The fraction of sp³-hybridized carbons (Fsp3) is 0.154. The quantitative estimate of drug-likeness (QED) is 0.876. The fourth-order valence-corrected chi connectivity index (χ4v) is 1.97. The molecule has 3 nitrogen and oxygen atoms in total. The van der Waals surface area contributed by atoms with Crippen molar-refractivity contribution in [2.45, 2.75) is 12.5 Å². The van der Waals surface area contributed by atoms with E-state index < -0.39 is 0 Å². The molecule has 0 saturated carbocycles. The zero-order valence-corrected chi connectivity index (χ0v) is 10.1. The zero-order chi connectivity index (χ0) is 12.3. The first-order chi connectivity index (χ1) is 8.18. The van der Waals surface area contributed by atoms with Gasteiger partial charge >= 0.3 is 0 Å². The van der Waals surface area contributed by atoms with Gasteiger partial charge in [-0.1, -0.05) is 35.9 Å². The lowest BCUT2D eigenvalue weighted by atomic mass is 10.0. The van der Waals surface area contributed by atoms with Crippen molar-refractivity contribution in [3.8, 4) is 0 Å². The molecule has 0 radical (unpaired) electrons. The molecule has 4 heteroatoms. The molecule has 1 atom stereocenters. The number of rotatable bonds is 3. The molecule has 0 spiro atoms. The number of hydrogen-bond donors (Lipinski definition) is 2. The summed E-state index contributed by atoms with van der Waals surface area (Å²) in [5, 5.41) is 0.727. The van der Waals surface area contributed by atoms with Gasteiger partial charge in [0.15, 0.2) is 0 Å². The maximum atomic E-state index is 6.12. The number of nitrogens with zero attached hydrogens (tertiary/aromatic N) is 1. The van der Waals surface area contributed by atoms with Gasteiger partial charge in [-0.25, -0.2) is 4.98 Å². The summed E-state index contributed by atoms with van der Waals surface area (Å²) in [4.78, 5) is 4.03. The van der Waals surface area contributed by atoms with Crippen molar-refractivity contribution in [1.82, 2.24) is 4.98 Å². The highest BCUT2D eigenvalue weighted by Crippen LogP contribution is 2.23. The van der Waals surface area contributed by atoms with E-state index in [-0.39, 0.29) is 6.04 Å². The second kappa shape index (κ2) is 5.17. The molecule has 0 bridgehead atoms.